The first kappa shape index (κ1) is 18.5. The average molecular weight is 356 g/mol. The second-order valence-electron chi connectivity index (χ2n) is 5.22. The second kappa shape index (κ2) is 9.48. The van der Waals surface area contributed by atoms with E-state index in [0.29, 0.717) is 31.5 Å². The van der Waals surface area contributed by atoms with E-state index in [2.05, 4.69) is 25.7 Å². The third-order valence-corrected chi connectivity index (χ3v) is 4.40. The smallest absolute Gasteiger partial charge is 0.321 e. The van der Waals surface area contributed by atoms with Gasteiger partial charge in [-0.25, -0.2) is 4.79 Å². The van der Waals surface area contributed by atoms with Crippen LogP contribution in [0.5, 0.6) is 0 Å². The molecule has 1 aliphatic rings. The quantitative estimate of drug-likeness (QED) is 0.685. The van der Waals surface area contributed by atoms with E-state index in [1.165, 1.54) is 11.8 Å². The number of morpholine rings is 1. The molecular formula is C14H24N6O3S. The number of urea groups is 1. The van der Waals surface area contributed by atoms with Crippen LogP contribution >= 0.6 is 11.8 Å². The number of nitrogens with zero attached hydrogens (tertiary/aromatic N) is 4. The Morgan fingerprint density at radius 1 is 1.25 bits per heavy atom. The SMILES string of the molecule is CCCNC(=O)NC(=O)CSc1nnc(N2CCOCC2)n1CC. The summed E-state index contributed by atoms with van der Waals surface area (Å²) < 4.78 is 7.32. The van der Waals surface area contributed by atoms with Gasteiger partial charge in [0.25, 0.3) is 0 Å². The van der Waals surface area contributed by atoms with E-state index in [-0.39, 0.29) is 11.7 Å². The molecule has 1 saturated heterocycles. The maximum Gasteiger partial charge on any atom is 0.321 e. The van der Waals surface area contributed by atoms with Gasteiger partial charge in [0, 0.05) is 26.2 Å². The lowest BCUT2D eigenvalue weighted by Crippen LogP contribution is -2.40. The summed E-state index contributed by atoms with van der Waals surface area (Å²) in [6, 6.07) is -0.464. The zero-order chi connectivity index (χ0) is 17.4. The van der Waals surface area contributed by atoms with Gasteiger partial charge in [0.05, 0.1) is 19.0 Å². The third-order valence-electron chi connectivity index (χ3n) is 3.43. The minimum Gasteiger partial charge on any atom is -0.378 e. The van der Waals surface area contributed by atoms with Gasteiger partial charge in [-0.3, -0.25) is 14.7 Å². The fourth-order valence-corrected chi connectivity index (χ4v) is 3.03. The van der Waals surface area contributed by atoms with Gasteiger partial charge in [0.2, 0.25) is 11.9 Å². The van der Waals surface area contributed by atoms with Crippen LogP contribution in [-0.4, -0.2) is 65.3 Å². The number of aromatic nitrogens is 3. The van der Waals surface area contributed by atoms with E-state index < -0.39 is 6.03 Å². The van der Waals surface area contributed by atoms with Crippen molar-refractivity contribution >= 4 is 29.6 Å². The summed E-state index contributed by atoms with van der Waals surface area (Å²) in [6.07, 6.45) is 0.820. The maximum atomic E-state index is 11.8. The molecule has 2 heterocycles. The molecule has 1 aromatic heterocycles. The van der Waals surface area contributed by atoms with E-state index >= 15 is 0 Å². The van der Waals surface area contributed by atoms with Gasteiger partial charge in [-0.05, 0) is 13.3 Å². The maximum absolute atomic E-state index is 11.8. The highest BCUT2D eigenvalue weighted by Crippen LogP contribution is 2.22. The Kier molecular flexibility index (Phi) is 7.32. The van der Waals surface area contributed by atoms with Crippen molar-refractivity contribution in [3.05, 3.63) is 0 Å². The summed E-state index contributed by atoms with van der Waals surface area (Å²) in [6.45, 7) is 8.11. The van der Waals surface area contributed by atoms with Crippen LogP contribution in [0.2, 0.25) is 0 Å². The van der Waals surface area contributed by atoms with Crippen molar-refractivity contribution in [2.75, 3.05) is 43.5 Å². The molecular weight excluding hydrogens is 332 g/mol. The third kappa shape index (κ3) is 5.10. The molecule has 1 aliphatic heterocycles. The largest absolute Gasteiger partial charge is 0.378 e. The molecule has 2 rings (SSSR count). The Hall–Kier alpha value is -1.81. The van der Waals surface area contributed by atoms with E-state index in [4.69, 9.17) is 4.74 Å². The summed E-state index contributed by atoms with van der Waals surface area (Å²) in [5.74, 6) is 0.553. The van der Waals surface area contributed by atoms with Crippen LogP contribution in [0.3, 0.4) is 0 Å². The average Bonchev–Trinajstić information content (AvgIpc) is 3.01. The van der Waals surface area contributed by atoms with Crippen molar-refractivity contribution in [1.29, 1.82) is 0 Å². The Balaban J connectivity index is 1.89. The first-order chi connectivity index (χ1) is 11.7. The van der Waals surface area contributed by atoms with Gasteiger partial charge in [-0.15, -0.1) is 10.2 Å². The van der Waals surface area contributed by atoms with Crippen molar-refractivity contribution in [2.45, 2.75) is 32.0 Å². The van der Waals surface area contributed by atoms with Crippen LogP contribution in [0.25, 0.3) is 0 Å². The fourth-order valence-electron chi connectivity index (χ4n) is 2.24. The molecule has 0 atom stereocenters. The normalized spacial score (nSPS) is 14.5. The first-order valence-corrected chi connectivity index (χ1v) is 9.10. The monoisotopic (exact) mass is 356 g/mol. The lowest BCUT2D eigenvalue weighted by atomic mass is 10.4. The number of amides is 3. The lowest BCUT2D eigenvalue weighted by molar-refractivity contribution is -0.117. The van der Waals surface area contributed by atoms with Crippen LogP contribution in [0.15, 0.2) is 5.16 Å². The molecule has 0 bridgehead atoms. The van der Waals surface area contributed by atoms with Crippen molar-refractivity contribution in [3.8, 4) is 0 Å². The molecule has 0 spiro atoms. The molecule has 1 fully saturated rings. The molecule has 2 N–H and O–H groups in total. The predicted molar refractivity (Wildman–Crippen MR) is 91.3 cm³/mol. The fraction of sp³-hybridized carbons (Fsp3) is 0.714. The van der Waals surface area contributed by atoms with E-state index in [1.807, 2.05) is 18.4 Å². The number of carbonyl (C=O) groups is 2. The van der Waals surface area contributed by atoms with Gasteiger partial charge in [-0.2, -0.15) is 0 Å². The van der Waals surface area contributed by atoms with Gasteiger partial charge >= 0.3 is 6.03 Å². The Bertz CT molecular complexity index is 559. The number of hydrogen-bond acceptors (Lipinski definition) is 7. The van der Waals surface area contributed by atoms with Gasteiger partial charge in [0.15, 0.2) is 5.16 Å². The number of ether oxygens (including phenoxy) is 1. The van der Waals surface area contributed by atoms with E-state index in [1.54, 1.807) is 0 Å². The van der Waals surface area contributed by atoms with Crippen molar-refractivity contribution in [1.82, 2.24) is 25.4 Å². The van der Waals surface area contributed by atoms with Crippen LogP contribution in [0.1, 0.15) is 20.3 Å². The highest BCUT2D eigenvalue weighted by Gasteiger charge is 2.20. The summed E-state index contributed by atoms with van der Waals surface area (Å²) in [7, 11) is 0. The van der Waals surface area contributed by atoms with Crippen molar-refractivity contribution in [2.24, 2.45) is 0 Å². The minimum absolute atomic E-state index is 0.112. The van der Waals surface area contributed by atoms with Crippen LogP contribution < -0.4 is 15.5 Å². The molecule has 0 aromatic carbocycles. The molecule has 134 valence electrons. The number of imide groups is 1. The lowest BCUT2D eigenvalue weighted by Gasteiger charge is -2.27. The molecule has 10 heteroatoms. The van der Waals surface area contributed by atoms with Gasteiger partial charge < -0.3 is 15.0 Å². The molecule has 3 amide bonds. The molecule has 1 aromatic rings. The molecule has 0 unspecified atom stereocenters. The number of nitrogens with one attached hydrogen (secondary N) is 2. The Labute approximate surface area is 145 Å². The zero-order valence-electron chi connectivity index (χ0n) is 14.1. The molecule has 0 radical (unpaired) electrons. The summed E-state index contributed by atoms with van der Waals surface area (Å²) in [5, 5.41) is 14.0. The van der Waals surface area contributed by atoms with Crippen LogP contribution in [-0.2, 0) is 16.1 Å². The van der Waals surface area contributed by atoms with Crippen LogP contribution in [0, 0.1) is 0 Å². The van der Waals surface area contributed by atoms with Gasteiger partial charge in [0.1, 0.15) is 0 Å². The predicted octanol–water partition coefficient (Wildman–Crippen LogP) is 0.463. The second-order valence-corrected chi connectivity index (χ2v) is 6.16. The molecule has 9 nitrogen and oxygen atoms in total. The summed E-state index contributed by atoms with van der Waals surface area (Å²) in [4.78, 5) is 25.4. The summed E-state index contributed by atoms with van der Waals surface area (Å²) >= 11 is 1.27. The Morgan fingerprint density at radius 2 is 2.00 bits per heavy atom. The molecule has 0 aliphatic carbocycles. The number of carbonyl (C=O) groups excluding carboxylic acids is 2. The number of thioether (sulfide) groups is 1. The standard InChI is InChI=1S/C14H24N6O3S/c1-3-5-15-12(22)16-11(21)10-24-14-18-17-13(20(14)4-2)19-6-8-23-9-7-19/h3-10H2,1-2H3,(H2,15,16,21,22). The number of rotatable bonds is 7. The highest BCUT2D eigenvalue weighted by atomic mass is 32.2. The van der Waals surface area contributed by atoms with Crippen molar-refractivity contribution in [3.63, 3.8) is 0 Å². The first-order valence-electron chi connectivity index (χ1n) is 8.12. The molecule has 24 heavy (non-hydrogen) atoms. The minimum atomic E-state index is -0.464. The van der Waals surface area contributed by atoms with Crippen LogP contribution in [0.4, 0.5) is 10.7 Å². The van der Waals surface area contributed by atoms with Crippen molar-refractivity contribution < 1.29 is 14.3 Å². The summed E-state index contributed by atoms with van der Waals surface area (Å²) in [5.41, 5.74) is 0. The van der Waals surface area contributed by atoms with E-state index in [0.717, 1.165) is 25.5 Å². The number of hydrogen-bond donors (Lipinski definition) is 2. The molecule has 0 saturated carbocycles. The Morgan fingerprint density at radius 3 is 2.67 bits per heavy atom. The number of anilines is 1. The zero-order valence-corrected chi connectivity index (χ0v) is 14.9. The van der Waals surface area contributed by atoms with E-state index in [9.17, 15) is 9.59 Å². The topological polar surface area (TPSA) is 101 Å². The van der Waals surface area contributed by atoms with Gasteiger partial charge in [-0.1, -0.05) is 18.7 Å². The highest BCUT2D eigenvalue weighted by molar-refractivity contribution is 7.99.